The zero-order valence-corrected chi connectivity index (χ0v) is 19.5. The van der Waals surface area contributed by atoms with Crippen LogP contribution in [-0.4, -0.2) is 31.1 Å². The number of allylic oxidation sites excluding steroid dienone is 6. The first-order valence-electron chi connectivity index (χ1n) is 11.3. The van der Waals surface area contributed by atoms with E-state index in [0.29, 0.717) is 5.96 Å². The standard InChI is InChI=1S/C25H32ClN5/c1-4-18(5-2)21-13-14-24-23(17-22(21)26)28-25(29-30(24)3)27-19-9-11-20(12-10-19)31-15-7-6-8-16-31/h4,9-13,17H,5-8,14-16H2,1-3H3,(H2,27,28,29)/b18-4+. The van der Waals surface area contributed by atoms with Crippen LogP contribution in [0.3, 0.4) is 0 Å². The molecule has 0 radical (unpaired) electrons. The molecule has 6 heteroatoms. The Morgan fingerprint density at radius 1 is 1.19 bits per heavy atom. The molecule has 0 spiro atoms. The van der Waals surface area contributed by atoms with Gasteiger partial charge < -0.3 is 10.2 Å². The first-order valence-corrected chi connectivity index (χ1v) is 11.6. The molecule has 2 heterocycles. The average Bonchev–Trinajstić information content (AvgIpc) is 2.95. The molecular formula is C25H32ClN5. The van der Waals surface area contributed by atoms with Crippen LogP contribution in [0.15, 0.2) is 75.1 Å². The average molecular weight is 438 g/mol. The quantitative estimate of drug-likeness (QED) is 0.613. The molecule has 2 N–H and O–H groups in total. The Balaban J connectivity index is 1.52. The molecule has 0 amide bonds. The predicted molar refractivity (Wildman–Crippen MR) is 132 cm³/mol. The van der Waals surface area contributed by atoms with Crippen molar-refractivity contribution in [3.05, 3.63) is 70.1 Å². The van der Waals surface area contributed by atoms with Crippen molar-refractivity contribution in [2.75, 3.05) is 30.4 Å². The summed E-state index contributed by atoms with van der Waals surface area (Å²) in [5.41, 5.74) is 9.99. The van der Waals surface area contributed by atoms with E-state index in [-0.39, 0.29) is 0 Å². The summed E-state index contributed by atoms with van der Waals surface area (Å²) in [6, 6.07) is 8.61. The topological polar surface area (TPSA) is 42.9 Å². The lowest BCUT2D eigenvalue weighted by Crippen LogP contribution is -2.45. The number of hydrogen-bond donors (Lipinski definition) is 2. The molecule has 164 valence electrons. The third-order valence-electron chi connectivity index (χ3n) is 6.15. The summed E-state index contributed by atoms with van der Waals surface area (Å²) in [5.74, 6) is 0.692. The minimum Gasteiger partial charge on any atom is -0.372 e. The second-order valence-electron chi connectivity index (χ2n) is 8.16. The highest BCUT2D eigenvalue weighted by Gasteiger charge is 2.22. The van der Waals surface area contributed by atoms with E-state index in [2.05, 4.69) is 65.9 Å². The maximum atomic E-state index is 6.69. The summed E-state index contributed by atoms with van der Waals surface area (Å²) in [5, 5.41) is 6.17. The summed E-state index contributed by atoms with van der Waals surface area (Å²) < 4.78 is 0. The van der Waals surface area contributed by atoms with Gasteiger partial charge in [0, 0.05) is 43.0 Å². The number of anilines is 2. The molecule has 0 aromatic heterocycles. The minimum atomic E-state index is 0.692. The zero-order chi connectivity index (χ0) is 21.8. The Morgan fingerprint density at radius 3 is 2.61 bits per heavy atom. The molecular weight excluding hydrogens is 406 g/mol. The molecule has 0 saturated carbocycles. The van der Waals surface area contributed by atoms with Gasteiger partial charge in [-0.1, -0.05) is 30.7 Å². The SMILES string of the molecule is C/C=C(\CC)C1=CCC2=C(C=C1Cl)N=C(Nc1ccc(N3CCCCC3)cc1)NN2C. The van der Waals surface area contributed by atoms with Gasteiger partial charge in [-0.15, -0.1) is 0 Å². The lowest BCUT2D eigenvalue weighted by atomic mass is 10.0. The number of aliphatic imine (C=N–C) groups is 1. The van der Waals surface area contributed by atoms with Crippen LogP contribution in [-0.2, 0) is 0 Å². The Hall–Kier alpha value is -2.66. The Kier molecular flexibility index (Phi) is 6.71. The van der Waals surface area contributed by atoms with E-state index in [1.165, 1.54) is 30.5 Å². The molecule has 1 fully saturated rings. The van der Waals surface area contributed by atoms with E-state index in [1.54, 1.807) is 0 Å². The number of nitrogens with one attached hydrogen (secondary N) is 2. The first-order chi connectivity index (χ1) is 15.1. The van der Waals surface area contributed by atoms with Crippen molar-refractivity contribution in [3.63, 3.8) is 0 Å². The third kappa shape index (κ3) is 4.82. The predicted octanol–water partition coefficient (Wildman–Crippen LogP) is 5.92. The van der Waals surface area contributed by atoms with E-state index in [9.17, 15) is 0 Å². The van der Waals surface area contributed by atoms with Gasteiger partial charge in [-0.2, -0.15) is 0 Å². The second-order valence-corrected chi connectivity index (χ2v) is 8.57. The van der Waals surface area contributed by atoms with Gasteiger partial charge in [0.2, 0.25) is 5.96 Å². The monoisotopic (exact) mass is 437 g/mol. The highest BCUT2D eigenvalue weighted by atomic mass is 35.5. The lowest BCUT2D eigenvalue weighted by molar-refractivity contribution is 0.353. The third-order valence-corrected chi connectivity index (χ3v) is 6.47. The Labute approximate surface area is 190 Å². The van der Waals surface area contributed by atoms with Crippen LogP contribution >= 0.6 is 11.6 Å². The van der Waals surface area contributed by atoms with Crippen LogP contribution in [0.5, 0.6) is 0 Å². The fourth-order valence-corrected chi connectivity index (χ4v) is 4.70. The maximum absolute atomic E-state index is 6.69. The van der Waals surface area contributed by atoms with Gasteiger partial charge in [0.25, 0.3) is 0 Å². The maximum Gasteiger partial charge on any atom is 0.220 e. The first kappa shape index (κ1) is 21.6. The summed E-state index contributed by atoms with van der Waals surface area (Å²) in [6.45, 7) is 6.52. The molecule has 1 aromatic carbocycles. The van der Waals surface area contributed by atoms with Gasteiger partial charge in [0.15, 0.2) is 0 Å². The highest BCUT2D eigenvalue weighted by Crippen LogP contribution is 2.33. The summed E-state index contributed by atoms with van der Waals surface area (Å²) in [6.07, 6.45) is 12.0. The summed E-state index contributed by atoms with van der Waals surface area (Å²) in [4.78, 5) is 7.29. The van der Waals surface area contributed by atoms with Gasteiger partial charge in [-0.05, 0) is 74.1 Å². The largest absolute Gasteiger partial charge is 0.372 e. The number of nitrogens with zero attached hydrogens (tertiary/aromatic N) is 3. The number of guanidine groups is 1. The van der Waals surface area contributed by atoms with Crippen molar-refractivity contribution < 1.29 is 0 Å². The van der Waals surface area contributed by atoms with Crippen molar-refractivity contribution in [2.45, 2.75) is 46.0 Å². The molecule has 4 rings (SSSR count). The molecule has 0 unspecified atom stereocenters. The van der Waals surface area contributed by atoms with Crippen molar-refractivity contribution in [1.82, 2.24) is 10.4 Å². The lowest BCUT2D eigenvalue weighted by Gasteiger charge is -2.30. The fraction of sp³-hybridized carbons (Fsp3) is 0.400. The smallest absolute Gasteiger partial charge is 0.220 e. The number of benzene rings is 1. The van der Waals surface area contributed by atoms with Crippen LogP contribution in [0, 0.1) is 0 Å². The van der Waals surface area contributed by atoms with Gasteiger partial charge in [0.05, 0.1) is 11.4 Å². The molecule has 0 bridgehead atoms. The van der Waals surface area contributed by atoms with Crippen molar-refractivity contribution >= 4 is 28.9 Å². The van der Waals surface area contributed by atoms with Crippen molar-refractivity contribution in [3.8, 4) is 0 Å². The number of hydrazine groups is 1. The number of piperidine rings is 1. The van der Waals surface area contributed by atoms with E-state index in [0.717, 1.165) is 53.6 Å². The van der Waals surface area contributed by atoms with Crippen LogP contribution in [0.25, 0.3) is 0 Å². The second kappa shape index (κ2) is 9.65. The minimum absolute atomic E-state index is 0.692. The molecule has 3 aliphatic rings. The molecule has 1 saturated heterocycles. The van der Waals surface area contributed by atoms with Crippen LogP contribution in [0.4, 0.5) is 11.4 Å². The number of hydrogen-bond acceptors (Lipinski definition) is 5. The molecule has 1 aliphatic carbocycles. The fourth-order valence-electron chi connectivity index (χ4n) is 4.39. The number of halogens is 1. The Bertz CT molecular complexity index is 962. The molecule has 31 heavy (non-hydrogen) atoms. The summed E-state index contributed by atoms with van der Waals surface area (Å²) >= 11 is 6.69. The van der Waals surface area contributed by atoms with Crippen molar-refractivity contribution in [2.24, 2.45) is 4.99 Å². The van der Waals surface area contributed by atoms with Crippen LogP contribution in [0.2, 0.25) is 0 Å². The Morgan fingerprint density at radius 2 is 1.94 bits per heavy atom. The summed E-state index contributed by atoms with van der Waals surface area (Å²) in [7, 11) is 2.02. The molecule has 1 aromatic rings. The zero-order valence-electron chi connectivity index (χ0n) is 18.7. The van der Waals surface area contributed by atoms with E-state index in [4.69, 9.17) is 16.6 Å². The van der Waals surface area contributed by atoms with E-state index < -0.39 is 0 Å². The molecule has 2 aliphatic heterocycles. The van der Waals surface area contributed by atoms with E-state index >= 15 is 0 Å². The van der Waals surface area contributed by atoms with E-state index in [1.807, 2.05) is 18.1 Å². The van der Waals surface area contributed by atoms with Gasteiger partial charge in [-0.3, -0.25) is 10.4 Å². The molecule has 0 atom stereocenters. The van der Waals surface area contributed by atoms with Crippen molar-refractivity contribution in [1.29, 1.82) is 0 Å². The van der Waals surface area contributed by atoms with Gasteiger partial charge >= 0.3 is 0 Å². The highest BCUT2D eigenvalue weighted by molar-refractivity contribution is 6.32. The van der Waals surface area contributed by atoms with Gasteiger partial charge in [0.1, 0.15) is 0 Å². The van der Waals surface area contributed by atoms with Crippen LogP contribution < -0.4 is 15.6 Å². The number of rotatable bonds is 4. The molecule has 5 nitrogen and oxygen atoms in total. The van der Waals surface area contributed by atoms with Gasteiger partial charge in [-0.25, -0.2) is 4.99 Å². The van der Waals surface area contributed by atoms with Crippen LogP contribution in [0.1, 0.15) is 46.0 Å². The normalized spacial score (nSPS) is 19.7.